The van der Waals surface area contributed by atoms with Crippen LogP contribution < -0.4 is 10.6 Å². The predicted molar refractivity (Wildman–Crippen MR) is 127 cm³/mol. The Hall–Kier alpha value is -1.63. The highest BCUT2D eigenvalue weighted by molar-refractivity contribution is 5.79. The lowest BCUT2D eigenvalue weighted by Crippen LogP contribution is -2.46. The fourth-order valence-electron chi connectivity index (χ4n) is 4.60. The Balaban J connectivity index is 1.35. The second-order valence-electron chi connectivity index (χ2n) is 8.53. The number of likely N-dealkylation sites (tertiary alicyclic amines) is 1. The van der Waals surface area contributed by atoms with Gasteiger partial charge in [0.2, 0.25) is 0 Å². The Kier molecular flexibility index (Phi) is 9.93. The number of likely N-dealkylation sites (N-methyl/N-ethyl adjacent to an activating group) is 1. The molecule has 2 aliphatic heterocycles. The highest BCUT2D eigenvalue weighted by Gasteiger charge is 2.23. The molecule has 1 aromatic carbocycles. The molecule has 0 aliphatic carbocycles. The van der Waals surface area contributed by atoms with Crippen LogP contribution in [0.2, 0.25) is 0 Å². The molecule has 0 radical (unpaired) electrons. The highest BCUT2D eigenvalue weighted by atomic mass is 15.3. The van der Waals surface area contributed by atoms with E-state index < -0.39 is 0 Å². The van der Waals surface area contributed by atoms with Gasteiger partial charge in [-0.2, -0.15) is 0 Å². The summed E-state index contributed by atoms with van der Waals surface area (Å²) in [6, 6.07) is 11.3. The summed E-state index contributed by atoms with van der Waals surface area (Å²) in [5.41, 5.74) is 1.39. The minimum atomic E-state index is 0.411. The second kappa shape index (κ2) is 12.9. The van der Waals surface area contributed by atoms with E-state index >= 15 is 0 Å². The normalized spacial score (nSPS) is 20.4. The summed E-state index contributed by atoms with van der Waals surface area (Å²) in [7, 11) is 1.87. The highest BCUT2D eigenvalue weighted by Crippen LogP contribution is 2.24. The number of nitrogens with zero attached hydrogens (tertiary/aromatic N) is 4. The zero-order valence-corrected chi connectivity index (χ0v) is 19.2. The van der Waals surface area contributed by atoms with E-state index in [1.807, 2.05) is 7.05 Å². The van der Waals surface area contributed by atoms with Gasteiger partial charge in [0.05, 0.1) is 6.04 Å². The molecule has 3 rings (SSSR count). The van der Waals surface area contributed by atoms with Gasteiger partial charge in [-0.3, -0.25) is 9.89 Å². The van der Waals surface area contributed by atoms with Crippen molar-refractivity contribution in [3.05, 3.63) is 35.9 Å². The standard InChI is InChI=1S/C24H42N6/c1-3-28-17-19-29(20-18-28)14-8-7-13-26-24(25-2)27-21-23(30-15-9-10-16-30)22-11-5-4-6-12-22/h4-6,11-12,23H,3,7-10,13-21H2,1-2H3,(H2,25,26,27). The molecule has 1 unspecified atom stereocenters. The number of aliphatic imine (C=N–C) groups is 1. The van der Waals surface area contributed by atoms with Crippen LogP contribution in [0.4, 0.5) is 0 Å². The SMILES string of the molecule is CCN1CCN(CCCCNC(=NC)NCC(c2ccccc2)N2CCCC2)CC1. The van der Waals surface area contributed by atoms with Gasteiger partial charge in [0, 0.05) is 46.3 Å². The van der Waals surface area contributed by atoms with Gasteiger partial charge in [-0.25, -0.2) is 0 Å². The lowest BCUT2D eigenvalue weighted by molar-refractivity contribution is 0.136. The van der Waals surface area contributed by atoms with Crippen LogP contribution in [0, 0.1) is 0 Å². The number of guanidine groups is 1. The smallest absolute Gasteiger partial charge is 0.191 e. The van der Waals surface area contributed by atoms with Gasteiger partial charge >= 0.3 is 0 Å². The zero-order chi connectivity index (χ0) is 21.0. The molecule has 0 saturated carbocycles. The van der Waals surface area contributed by atoms with Crippen LogP contribution in [0.1, 0.15) is 44.2 Å². The molecular formula is C24H42N6. The van der Waals surface area contributed by atoms with Crippen molar-refractivity contribution in [1.29, 1.82) is 0 Å². The molecule has 168 valence electrons. The largest absolute Gasteiger partial charge is 0.356 e. The molecule has 2 fully saturated rings. The molecular weight excluding hydrogens is 372 g/mol. The molecule has 2 N–H and O–H groups in total. The van der Waals surface area contributed by atoms with E-state index in [4.69, 9.17) is 0 Å². The average Bonchev–Trinajstić information content (AvgIpc) is 3.33. The summed E-state index contributed by atoms with van der Waals surface area (Å²) >= 11 is 0. The first kappa shape index (κ1) is 23.0. The number of benzene rings is 1. The molecule has 6 nitrogen and oxygen atoms in total. The van der Waals surface area contributed by atoms with Crippen molar-refractivity contribution in [3.63, 3.8) is 0 Å². The van der Waals surface area contributed by atoms with Crippen LogP contribution in [-0.4, -0.2) is 93.2 Å². The first-order valence-electron chi connectivity index (χ1n) is 12.0. The summed E-state index contributed by atoms with van der Waals surface area (Å²) in [6.07, 6.45) is 5.05. The molecule has 2 aliphatic rings. The van der Waals surface area contributed by atoms with E-state index in [0.29, 0.717) is 6.04 Å². The van der Waals surface area contributed by atoms with Crippen LogP contribution in [0.15, 0.2) is 35.3 Å². The van der Waals surface area contributed by atoms with Gasteiger partial charge in [0.1, 0.15) is 0 Å². The lowest BCUT2D eigenvalue weighted by atomic mass is 10.1. The maximum Gasteiger partial charge on any atom is 0.191 e. The summed E-state index contributed by atoms with van der Waals surface area (Å²) in [4.78, 5) is 12.2. The minimum Gasteiger partial charge on any atom is -0.356 e. The van der Waals surface area contributed by atoms with Gasteiger partial charge in [-0.15, -0.1) is 0 Å². The number of nitrogens with one attached hydrogen (secondary N) is 2. The summed E-state index contributed by atoms with van der Waals surface area (Å²) in [5.74, 6) is 0.923. The van der Waals surface area contributed by atoms with E-state index in [2.05, 4.69) is 67.6 Å². The van der Waals surface area contributed by atoms with Crippen molar-refractivity contribution in [1.82, 2.24) is 25.3 Å². The Morgan fingerprint density at radius 3 is 2.30 bits per heavy atom. The topological polar surface area (TPSA) is 46.1 Å². The number of rotatable bonds is 10. The van der Waals surface area contributed by atoms with Crippen molar-refractivity contribution in [2.24, 2.45) is 4.99 Å². The Morgan fingerprint density at radius 1 is 0.933 bits per heavy atom. The van der Waals surface area contributed by atoms with Crippen LogP contribution in [-0.2, 0) is 0 Å². The first-order valence-corrected chi connectivity index (χ1v) is 12.0. The van der Waals surface area contributed by atoms with Crippen molar-refractivity contribution >= 4 is 5.96 Å². The van der Waals surface area contributed by atoms with Crippen molar-refractivity contribution in [2.45, 2.75) is 38.6 Å². The third-order valence-corrected chi connectivity index (χ3v) is 6.56. The van der Waals surface area contributed by atoms with Crippen LogP contribution in [0.5, 0.6) is 0 Å². The quantitative estimate of drug-likeness (QED) is 0.350. The van der Waals surface area contributed by atoms with Gasteiger partial charge in [-0.05, 0) is 57.4 Å². The second-order valence-corrected chi connectivity index (χ2v) is 8.53. The summed E-state index contributed by atoms with van der Waals surface area (Å²) in [6.45, 7) is 13.8. The van der Waals surface area contributed by atoms with Crippen molar-refractivity contribution in [3.8, 4) is 0 Å². The summed E-state index contributed by atoms with van der Waals surface area (Å²) < 4.78 is 0. The maximum absolute atomic E-state index is 4.45. The molecule has 30 heavy (non-hydrogen) atoms. The van der Waals surface area contributed by atoms with Crippen LogP contribution >= 0.6 is 0 Å². The van der Waals surface area contributed by atoms with Crippen LogP contribution in [0.3, 0.4) is 0 Å². The van der Waals surface area contributed by atoms with Crippen LogP contribution in [0.25, 0.3) is 0 Å². The molecule has 0 amide bonds. The molecule has 2 saturated heterocycles. The van der Waals surface area contributed by atoms with Crippen molar-refractivity contribution in [2.75, 3.05) is 72.5 Å². The number of hydrogen-bond donors (Lipinski definition) is 2. The Bertz CT molecular complexity index is 605. The summed E-state index contributed by atoms with van der Waals surface area (Å²) in [5, 5.41) is 7.09. The Labute approximate surface area is 183 Å². The predicted octanol–water partition coefficient (Wildman–Crippen LogP) is 2.41. The van der Waals surface area contributed by atoms with Gasteiger partial charge in [0.25, 0.3) is 0 Å². The van der Waals surface area contributed by atoms with Gasteiger partial charge in [0.15, 0.2) is 5.96 Å². The molecule has 0 spiro atoms. The van der Waals surface area contributed by atoms with E-state index in [1.54, 1.807) is 0 Å². The fourth-order valence-corrected chi connectivity index (χ4v) is 4.60. The molecule has 0 bridgehead atoms. The molecule has 6 heteroatoms. The minimum absolute atomic E-state index is 0.411. The molecule has 1 aromatic rings. The Morgan fingerprint density at radius 2 is 1.63 bits per heavy atom. The van der Waals surface area contributed by atoms with E-state index in [9.17, 15) is 0 Å². The monoisotopic (exact) mass is 414 g/mol. The third kappa shape index (κ3) is 7.25. The number of unbranched alkanes of at least 4 members (excludes halogenated alkanes) is 1. The maximum atomic E-state index is 4.45. The fraction of sp³-hybridized carbons (Fsp3) is 0.708. The van der Waals surface area contributed by atoms with Gasteiger partial charge < -0.3 is 20.4 Å². The van der Waals surface area contributed by atoms with E-state index in [1.165, 1.54) is 83.6 Å². The number of piperazine rings is 1. The molecule has 2 heterocycles. The molecule has 0 aromatic heterocycles. The van der Waals surface area contributed by atoms with E-state index in [0.717, 1.165) is 19.0 Å². The zero-order valence-electron chi connectivity index (χ0n) is 19.2. The molecule has 1 atom stereocenters. The van der Waals surface area contributed by atoms with Gasteiger partial charge in [-0.1, -0.05) is 37.3 Å². The third-order valence-electron chi connectivity index (χ3n) is 6.56. The number of hydrogen-bond acceptors (Lipinski definition) is 4. The van der Waals surface area contributed by atoms with Crippen molar-refractivity contribution < 1.29 is 0 Å². The lowest BCUT2D eigenvalue weighted by Gasteiger charge is -2.34. The first-order chi connectivity index (χ1) is 14.8. The average molecular weight is 415 g/mol. The van der Waals surface area contributed by atoms with E-state index in [-0.39, 0.29) is 0 Å².